The van der Waals surface area contributed by atoms with Gasteiger partial charge in [-0.1, -0.05) is 20.3 Å². The van der Waals surface area contributed by atoms with Crippen molar-refractivity contribution in [1.82, 2.24) is 15.3 Å². The zero-order valence-electron chi connectivity index (χ0n) is 10.4. The van der Waals surface area contributed by atoms with Gasteiger partial charge in [-0.2, -0.15) is 0 Å². The monoisotopic (exact) mass is 239 g/mol. The Morgan fingerprint density at radius 2 is 1.94 bits per heavy atom. The molecule has 1 saturated heterocycles. The molecule has 5 nitrogen and oxygen atoms in total. The van der Waals surface area contributed by atoms with Crippen LogP contribution >= 0.6 is 0 Å². The van der Waals surface area contributed by atoms with E-state index in [-0.39, 0.29) is 17.6 Å². The Morgan fingerprint density at radius 1 is 1.24 bits per heavy atom. The molecule has 2 unspecified atom stereocenters. The van der Waals surface area contributed by atoms with E-state index in [9.17, 15) is 9.90 Å². The molecule has 0 bridgehead atoms. The minimum absolute atomic E-state index is 0.0488. The van der Waals surface area contributed by atoms with Crippen LogP contribution in [0.4, 0.5) is 0 Å². The molecule has 17 heavy (non-hydrogen) atoms. The predicted molar refractivity (Wildman–Crippen MR) is 66.1 cm³/mol. The van der Waals surface area contributed by atoms with Crippen LogP contribution in [0, 0.1) is 0 Å². The van der Waals surface area contributed by atoms with E-state index in [1.54, 1.807) is 0 Å². The molecule has 96 valence electrons. The molecule has 1 aliphatic heterocycles. The Labute approximate surface area is 101 Å². The highest BCUT2D eigenvalue weighted by Gasteiger charge is 2.27. The molecule has 0 aliphatic carbocycles. The molecule has 0 spiro atoms. The second-order valence-electron chi connectivity index (χ2n) is 5.06. The van der Waals surface area contributed by atoms with Gasteiger partial charge in [0.05, 0.1) is 5.69 Å². The quantitative estimate of drug-likeness (QED) is 0.635. The van der Waals surface area contributed by atoms with E-state index in [4.69, 9.17) is 0 Å². The number of aliphatic hydroxyl groups excluding tert-OH is 1. The third-order valence-electron chi connectivity index (χ3n) is 3.39. The van der Waals surface area contributed by atoms with Crippen molar-refractivity contribution in [2.75, 3.05) is 6.54 Å². The van der Waals surface area contributed by atoms with Crippen molar-refractivity contribution in [3.8, 4) is 0 Å². The number of H-pyrrole nitrogens is 2. The summed E-state index contributed by atoms with van der Waals surface area (Å²) in [7, 11) is 0. The van der Waals surface area contributed by atoms with Crippen LogP contribution in [0.1, 0.15) is 56.5 Å². The number of imidazole rings is 1. The molecule has 1 aliphatic rings. The van der Waals surface area contributed by atoms with Crippen LogP contribution in [-0.2, 0) is 0 Å². The highest BCUT2D eigenvalue weighted by atomic mass is 16.3. The van der Waals surface area contributed by atoms with Gasteiger partial charge < -0.3 is 20.4 Å². The molecule has 0 saturated carbocycles. The van der Waals surface area contributed by atoms with E-state index in [0.717, 1.165) is 31.5 Å². The van der Waals surface area contributed by atoms with Crippen LogP contribution < -0.4 is 11.0 Å². The van der Waals surface area contributed by atoms with Gasteiger partial charge in [-0.3, -0.25) is 0 Å². The maximum Gasteiger partial charge on any atom is 0.323 e. The van der Waals surface area contributed by atoms with Crippen LogP contribution in [0.3, 0.4) is 0 Å². The topological polar surface area (TPSA) is 80.9 Å². The van der Waals surface area contributed by atoms with Gasteiger partial charge in [0.15, 0.2) is 0 Å². The van der Waals surface area contributed by atoms with E-state index >= 15 is 0 Å². The number of aromatic nitrogens is 2. The maximum atomic E-state index is 11.4. The average molecular weight is 239 g/mol. The molecule has 1 aromatic heterocycles. The lowest BCUT2D eigenvalue weighted by Gasteiger charge is -2.28. The Bertz CT molecular complexity index is 416. The third kappa shape index (κ3) is 2.61. The summed E-state index contributed by atoms with van der Waals surface area (Å²) in [6.07, 6.45) is 2.60. The van der Waals surface area contributed by atoms with Crippen LogP contribution in [0.5, 0.6) is 0 Å². The minimum Gasteiger partial charge on any atom is -0.385 e. The summed E-state index contributed by atoms with van der Waals surface area (Å²) >= 11 is 0. The number of aliphatic hydroxyl groups is 1. The second-order valence-corrected chi connectivity index (χ2v) is 5.06. The van der Waals surface area contributed by atoms with E-state index in [2.05, 4.69) is 15.3 Å². The lowest BCUT2D eigenvalue weighted by atomic mass is 9.95. The number of hydrogen-bond acceptors (Lipinski definition) is 3. The summed E-state index contributed by atoms with van der Waals surface area (Å²) in [5.74, 6) is 0.196. The molecule has 0 aromatic carbocycles. The molecule has 2 atom stereocenters. The Hall–Kier alpha value is -1.07. The van der Waals surface area contributed by atoms with Crippen molar-refractivity contribution < 1.29 is 5.11 Å². The zero-order chi connectivity index (χ0) is 12.4. The number of aromatic amines is 2. The SMILES string of the molecule is CC(C)c1[nH]c(=O)[nH]c1C(O)C1CCCCN1. The van der Waals surface area contributed by atoms with Crippen molar-refractivity contribution in [3.05, 3.63) is 21.9 Å². The largest absolute Gasteiger partial charge is 0.385 e. The lowest BCUT2D eigenvalue weighted by molar-refractivity contribution is 0.109. The van der Waals surface area contributed by atoms with E-state index in [1.165, 1.54) is 0 Å². The number of nitrogens with one attached hydrogen (secondary N) is 3. The fraction of sp³-hybridized carbons (Fsp3) is 0.750. The van der Waals surface area contributed by atoms with Crippen molar-refractivity contribution in [3.63, 3.8) is 0 Å². The first-order chi connectivity index (χ1) is 8.09. The van der Waals surface area contributed by atoms with E-state index < -0.39 is 6.10 Å². The van der Waals surface area contributed by atoms with Crippen LogP contribution in [0.25, 0.3) is 0 Å². The van der Waals surface area contributed by atoms with Gasteiger partial charge in [0, 0.05) is 11.7 Å². The second kappa shape index (κ2) is 5.06. The van der Waals surface area contributed by atoms with Crippen LogP contribution in [0.2, 0.25) is 0 Å². The van der Waals surface area contributed by atoms with Gasteiger partial charge in [-0.15, -0.1) is 0 Å². The first-order valence-electron chi connectivity index (χ1n) is 6.33. The van der Waals surface area contributed by atoms with Crippen molar-refractivity contribution >= 4 is 0 Å². The Kier molecular flexibility index (Phi) is 3.69. The van der Waals surface area contributed by atoms with Gasteiger partial charge in [-0.05, 0) is 25.3 Å². The van der Waals surface area contributed by atoms with Gasteiger partial charge >= 0.3 is 5.69 Å². The van der Waals surface area contributed by atoms with E-state index in [1.807, 2.05) is 13.8 Å². The molecule has 5 heteroatoms. The molecule has 1 aromatic rings. The van der Waals surface area contributed by atoms with Crippen LogP contribution in [-0.4, -0.2) is 27.7 Å². The first-order valence-corrected chi connectivity index (χ1v) is 6.33. The molecule has 2 heterocycles. The van der Waals surface area contributed by atoms with Crippen molar-refractivity contribution in [2.45, 2.75) is 51.2 Å². The average Bonchev–Trinajstić information content (AvgIpc) is 2.72. The lowest BCUT2D eigenvalue weighted by Crippen LogP contribution is -2.39. The normalized spacial score (nSPS) is 22.9. The molecule has 2 rings (SSSR count). The number of piperidine rings is 1. The predicted octanol–water partition coefficient (Wildman–Crippen LogP) is 1.00. The molecule has 0 radical (unpaired) electrons. The molecule has 4 N–H and O–H groups in total. The maximum absolute atomic E-state index is 11.4. The highest BCUT2D eigenvalue weighted by molar-refractivity contribution is 5.19. The fourth-order valence-electron chi connectivity index (χ4n) is 2.45. The summed E-state index contributed by atoms with van der Waals surface area (Å²) in [6, 6.07) is 0.0488. The molecular formula is C12H21N3O2. The minimum atomic E-state index is -0.633. The highest BCUT2D eigenvalue weighted by Crippen LogP contribution is 2.26. The Morgan fingerprint density at radius 3 is 2.53 bits per heavy atom. The third-order valence-corrected chi connectivity index (χ3v) is 3.39. The Balaban J connectivity index is 2.22. The van der Waals surface area contributed by atoms with E-state index in [0.29, 0.717) is 5.69 Å². The van der Waals surface area contributed by atoms with Gasteiger partial charge in [0.1, 0.15) is 6.10 Å². The molecular weight excluding hydrogens is 218 g/mol. The van der Waals surface area contributed by atoms with Gasteiger partial charge in [-0.25, -0.2) is 4.79 Å². The standard InChI is InChI=1S/C12H21N3O2/c1-7(2)9-10(15-12(17)14-9)11(16)8-5-3-4-6-13-8/h7-8,11,13,16H,3-6H2,1-2H3,(H2,14,15,17). The smallest absolute Gasteiger partial charge is 0.323 e. The summed E-state index contributed by atoms with van der Waals surface area (Å²) < 4.78 is 0. The number of rotatable bonds is 3. The summed E-state index contributed by atoms with van der Waals surface area (Å²) in [5, 5.41) is 13.6. The first kappa shape index (κ1) is 12.4. The molecule has 1 fully saturated rings. The summed E-state index contributed by atoms with van der Waals surface area (Å²) in [4.78, 5) is 16.8. The van der Waals surface area contributed by atoms with Crippen molar-refractivity contribution in [2.24, 2.45) is 0 Å². The van der Waals surface area contributed by atoms with Crippen molar-refractivity contribution in [1.29, 1.82) is 0 Å². The van der Waals surface area contributed by atoms with Gasteiger partial charge in [0.2, 0.25) is 0 Å². The van der Waals surface area contributed by atoms with Gasteiger partial charge in [0.25, 0.3) is 0 Å². The van der Waals surface area contributed by atoms with Crippen LogP contribution in [0.15, 0.2) is 4.79 Å². The fourth-order valence-corrected chi connectivity index (χ4v) is 2.45. The number of hydrogen-bond donors (Lipinski definition) is 4. The summed E-state index contributed by atoms with van der Waals surface area (Å²) in [5.41, 5.74) is 1.22. The summed E-state index contributed by atoms with van der Waals surface area (Å²) in [6.45, 7) is 4.95. The molecule has 0 amide bonds. The zero-order valence-corrected chi connectivity index (χ0v) is 10.4.